The average Bonchev–Trinajstić information content (AvgIpc) is 2.26. The molecule has 0 atom stereocenters. The molecule has 94 valence electrons. The van der Waals surface area contributed by atoms with E-state index in [9.17, 15) is 9.90 Å². The number of rotatable bonds is 6. The van der Waals surface area contributed by atoms with Gasteiger partial charge in [-0.1, -0.05) is 0 Å². The monoisotopic (exact) mass is 235 g/mol. The molecule has 4 nitrogen and oxygen atoms in total. The Labute approximate surface area is 116 Å². The fourth-order valence-corrected chi connectivity index (χ4v) is 2.44. The molecule has 17 heavy (non-hydrogen) atoms. The number of nitrogens with zero attached hydrogens (tertiary/aromatic N) is 1. The molecule has 0 saturated heterocycles. The minimum absolute atomic E-state index is 0. The van der Waals surface area contributed by atoms with Gasteiger partial charge in [0.05, 0.1) is 6.61 Å². The first-order chi connectivity index (χ1) is 7.63. The van der Waals surface area contributed by atoms with E-state index in [0.29, 0.717) is 12.0 Å². The van der Waals surface area contributed by atoms with E-state index >= 15 is 0 Å². The quantitative estimate of drug-likeness (QED) is 0.469. The summed E-state index contributed by atoms with van der Waals surface area (Å²) in [5.41, 5.74) is 0. The van der Waals surface area contributed by atoms with Gasteiger partial charge in [0.2, 0.25) is 0 Å². The van der Waals surface area contributed by atoms with E-state index in [1.54, 1.807) is 7.11 Å². The number of methoxy groups -OCH3 is 1. The number of likely N-dealkylation sites (N-methyl/N-ethyl adjacent to an activating group) is 1. The molecular formula is C12H22LiNO3. The van der Waals surface area contributed by atoms with Gasteiger partial charge in [-0.25, -0.2) is 0 Å². The molecule has 1 rings (SSSR count). The summed E-state index contributed by atoms with van der Waals surface area (Å²) in [4.78, 5) is 12.8. The minimum atomic E-state index is -0.906. The number of carboxylic acids is 1. The zero-order chi connectivity index (χ0) is 12.0. The van der Waals surface area contributed by atoms with Crippen LogP contribution in [0.2, 0.25) is 0 Å². The number of aliphatic carboxylic acids is 1. The fourth-order valence-electron chi connectivity index (χ4n) is 2.44. The molecular weight excluding hydrogens is 213 g/mol. The molecule has 0 aliphatic heterocycles. The second-order valence-corrected chi connectivity index (χ2v) is 4.72. The van der Waals surface area contributed by atoms with Crippen molar-refractivity contribution in [1.82, 2.24) is 4.90 Å². The summed E-state index contributed by atoms with van der Waals surface area (Å²) >= 11 is 0. The topological polar surface area (TPSA) is 52.6 Å². The largest absolute Gasteiger partial charge is 1.00 e. The molecule has 0 spiro atoms. The Bertz CT molecular complexity index is 218. The van der Waals surface area contributed by atoms with Crippen LogP contribution in [0, 0.1) is 5.92 Å². The van der Waals surface area contributed by atoms with Crippen LogP contribution in [0.3, 0.4) is 0 Å². The predicted molar refractivity (Wildman–Crippen MR) is 59.9 cm³/mol. The Morgan fingerprint density at radius 1 is 1.35 bits per heavy atom. The molecule has 0 bridgehead atoms. The third-order valence-corrected chi connectivity index (χ3v) is 3.54. The van der Waals surface area contributed by atoms with Gasteiger partial charge in [0.15, 0.2) is 0 Å². The summed E-state index contributed by atoms with van der Waals surface area (Å²) in [5, 5.41) is 10.5. The van der Waals surface area contributed by atoms with Crippen molar-refractivity contribution < 1.29 is 33.5 Å². The van der Waals surface area contributed by atoms with Crippen LogP contribution in [0.15, 0.2) is 0 Å². The second-order valence-electron chi connectivity index (χ2n) is 4.72. The third kappa shape index (κ3) is 6.47. The Morgan fingerprint density at radius 2 is 1.94 bits per heavy atom. The van der Waals surface area contributed by atoms with Crippen molar-refractivity contribution in [2.24, 2.45) is 5.92 Å². The molecule has 0 unspecified atom stereocenters. The smallest absolute Gasteiger partial charge is 0.550 e. The van der Waals surface area contributed by atoms with Gasteiger partial charge in [-0.15, -0.1) is 0 Å². The van der Waals surface area contributed by atoms with Crippen LogP contribution in [0.4, 0.5) is 0 Å². The van der Waals surface area contributed by atoms with Crippen molar-refractivity contribution in [3.63, 3.8) is 0 Å². The van der Waals surface area contributed by atoms with Crippen molar-refractivity contribution in [3.05, 3.63) is 0 Å². The van der Waals surface area contributed by atoms with E-state index in [2.05, 4.69) is 11.9 Å². The van der Waals surface area contributed by atoms with Gasteiger partial charge in [0.25, 0.3) is 0 Å². The van der Waals surface area contributed by atoms with Crippen molar-refractivity contribution in [2.45, 2.75) is 38.1 Å². The molecule has 1 saturated carbocycles. The summed E-state index contributed by atoms with van der Waals surface area (Å²) in [7, 11) is 3.83. The zero-order valence-corrected chi connectivity index (χ0v) is 11.3. The van der Waals surface area contributed by atoms with Crippen LogP contribution in [0.25, 0.3) is 0 Å². The second kappa shape index (κ2) is 8.99. The number of hydrogen-bond acceptors (Lipinski definition) is 4. The third-order valence-electron chi connectivity index (χ3n) is 3.54. The van der Waals surface area contributed by atoms with Crippen LogP contribution >= 0.6 is 0 Å². The Balaban J connectivity index is 0.00000256. The first kappa shape index (κ1) is 17.0. The van der Waals surface area contributed by atoms with E-state index in [-0.39, 0.29) is 25.3 Å². The van der Waals surface area contributed by atoms with Gasteiger partial charge in [-0.2, -0.15) is 0 Å². The first-order valence-electron chi connectivity index (χ1n) is 6.02. The first-order valence-corrected chi connectivity index (χ1v) is 6.02. The molecule has 0 aromatic rings. The number of hydrogen-bond donors (Lipinski definition) is 0. The van der Waals surface area contributed by atoms with Crippen molar-refractivity contribution in [2.75, 3.05) is 27.3 Å². The number of carbonyl (C=O) groups is 1. The minimum Gasteiger partial charge on any atom is -0.550 e. The summed E-state index contributed by atoms with van der Waals surface area (Å²) in [6, 6.07) is 0.591. The SMILES string of the molecule is COCCN(C)C1CCC(CC(=O)[O-])CC1.[Li+]. The molecule has 0 amide bonds. The Morgan fingerprint density at radius 3 is 2.41 bits per heavy atom. The number of ether oxygens (including phenoxy) is 1. The summed E-state index contributed by atoms with van der Waals surface area (Å²) in [6.07, 6.45) is 4.44. The van der Waals surface area contributed by atoms with Gasteiger partial charge in [-0.05, 0) is 45.1 Å². The van der Waals surface area contributed by atoms with E-state index in [4.69, 9.17) is 4.74 Å². The molecule has 1 aliphatic rings. The summed E-state index contributed by atoms with van der Waals surface area (Å²) < 4.78 is 5.05. The van der Waals surface area contributed by atoms with Crippen LogP contribution in [-0.2, 0) is 9.53 Å². The standard InChI is InChI=1S/C12H23NO3.Li/c1-13(7-8-16-2)11-5-3-10(4-6-11)9-12(14)15;/h10-11H,3-9H2,1-2H3,(H,14,15);/q;+1/p-1. The van der Waals surface area contributed by atoms with Crippen LogP contribution < -0.4 is 24.0 Å². The predicted octanol–water partition coefficient (Wildman–Crippen LogP) is -2.73. The summed E-state index contributed by atoms with van der Waals surface area (Å²) in [6.45, 7) is 1.71. The maximum Gasteiger partial charge on any atom is 1.00 e. The van der Waals surface area contributed by atoms with Crippen molar-refractivity contribution in [3.8, 4) is 0 Å². The fraction of sp³-hybridized carbons (Fsp3) is 0.917. The Hall–Kier alpha value is -0.0126. The number of carbonyl (C=O) groups excluding carboxylic acids is 1. The molecule has 0 N–H and O–H groups in total. The van der Waals surface area contributed by atoms with E-state index in [0.717, 1.165) is 38.8 Å². The molecule has 1 aliphatic carbocycles. The Kier molecular flexibility index (Phi) is 8.98. The van der Waals surface area contributed by atoms with Crippen LogP contribution in [-0.4, -0.2) is 44.2 Å². The van der Waals surface area contributed by atoms with Crippen molar-refractivity contribution >= 4 is 5.97 Å². The van der Waals surface area contributed by atoms with Crippen LogP contribution in [0.5, 0.6) is 0 Å². The maximum absolute atomic E-state index is 10.5. The van der Waals surface area contributed by atoms with E-state index in [1.807, 2.05) is 0 Å². The normalized spacial score (nSPS) is 24.4. The summed E-state index contributed by atoms with van der Waals surface area (Å²) in [5.74, 6) is -0.576. The average molecular weight is 235 g/mol. The number of carboxylic acid groups (broad SMARTS) is 1. The van der Waals surface area contributed by atoms with E-state index < -0.39 is 5.97 Å². The molecule has 5 heteroatoms. The molecule has 0 heterocycles. The van der Waals surface area contributed by atoms with Gasteiger partial charge < -0.3 is 19.5 Å². The van der Waals surface area contributed by atoms with Crippen molar-refractivity contribution in [1.29, 1.82) is 0 Å². The van der Waals surface area contributed by atoms with Gasteiger partial charge in [-0.3, -0.25) is 0 Å². The van der Waals surface area contributed by atoms with Gasteiger partial charge in [0.1, 0.15) is 0 Å². The molecule has 0 aromatic carbocycles. The maximum atomic E-state index is 10.5. The zero-order valence-electron chi connectivity index (χ0n) is 11.3. The molecule has 0 aromatic heterocycles. The van der Waals surface area contributed by atoms with Gasteiger partial charge in [0, 0.05) is 25.7 Å². The molecule has 1 fully saturated rings. The van der Waals surface area contributed by atoms with Gasteiger partial charge >= 0.3 is 18.9 Å². The van der Waals surface area contributed by atoms with Crippen LogP contribution in [0.1, 0.15) is 32.1 Å². The molecule has 0 radical (unpaired) electrons. The van der Waals surface area contributed by atoms with E-state index in [1.165, 1.54) is 0 Å².